The SMILES string of the molecule is O=C(O)N1CCN(Cc2ccc(Cl)cc2N2CCC(C3CCCN3)CC2)CC1. The molecular weight excluding hydrogens is 376 g/mol. The number of carboxylic acid groups (broad SMARTS) is 1. The van der Waals surface area contributed by atoms with Crippen LogP contribution in [-0.2, 0) is 6.54 Å². The van der Waals surface area contributed by atoms with Crippen LogP contribution in [0, 0.1) is 5.92 Å². The van der Waals surface area contributed by atoms with E-state index in [1.807, 2.05) is 6.07 Å². The third-order valence-corrected chi connectivity index (χ3v) is 6.87. The van der Waals surface area contributed by atoms with Gasteiger partial charge in [0.1, 0.15) is 0 Å². The van der Waals surface area contributed by atoms with Crippen molar-refractivity contribution in [2.45, 2.75) is 38.3 Å². The fourth-order valence-electron chi connectivity index (χ4n) is 4.96. The first-order valence-corrected chi connectivity index (χ1v) is 10.9. The monoisotopic (exact) mass is 406 g/mol. The van der Waals surface area contributed by atoms with Crippen LogP contribution in [0.4, 0.5) is 10.5 Å². The van der Waals surface area contributed by atoms with Crippen LogP contribution in [0.3, 0.4) is 0 Å². The Labute approximate surface area is 172 Å². The lowest BCUT2D eigenvalue weighted by Crippen LogP contribution is -2.48. The fourth-order valence-corrected chi connectivity index (χ4v) is 5.13. The Hall–Kier alpha value is -1.50. The molecule has 1 atom stereocenters. The third-order valence-electron chi connectivity index (χ3n) is 6.63. The van der Waals surface area contributed by atoms with Crippen molar-refractivity contribution in [3.8, 4) is 0 Å². The maximum absolute atomic E-state index is 11.1. The Balaban J connectivity index is 1.39. The molecule has 0 bridgehead atoms. The molecule has 4 rings (SSSR count). The van der Waals surface area contributed by atoms with E-state index in [0.717, 1.165) is 43.7 Å². The molecule has 0 spiro atoms. The standard InChI is InChI=1S/C21H31ClN4O2/c22-18-4-3-17(15-24-10-12-26(13-11-24)21(27)28)20(14-18)25-8-5-16(6-9-25)19-2-1-7-23-19/h3-4,14,16,19,23H,1-2,5-13,15H2,(H,27,28). The predicted molar refractivity (Wildman–Crippen MR) is 112 cm³/mol. The maximum atomic E-state index is 11.1. The zero-order valence-corrected chi connectivity index (χ0v) is 17.2. The van der Waals surface area contributed by atoms with Crippen LogP contribution >= 0.6 is 11.6 Å². The van der Waals surface area contributed by atoms with Crippen molar-refractivity contribution < 1.29 is 9.90 Å². The van der Waals surface area contributed by atoms with E-state index >= 15 is 0 Å². The lowest BCUT2D eigenvalue weighted by molar-refractivity contribution is 0.103. The van der Waals surface area contributed by atoms with Gasteiger partial charge < -0.3 is 20.2 Å². The largest absolute Gasteiger partial charge is 0.465 e. The summed E-state index contributed by atoms with van der Waals surface area (Å²) in [5.74, 6) is 0.797. The number of piperazine rings is 1. The number of hydrogen-bond donors (Lipinski definition) is 2. The molecule has 154 valence electrons. The van der Waals surface area contributed by atoms with Gasteiger partial charge in [0.05, 0.1) is 0 Å². The summed E-state index contributed by atoms with van der Waals surface area (Å²) in [6, 6.07) is 6.94. The van der Waals surface area contributed by atoms with E-state index in [4.69, 9.17) is 16.7 Å². The van der Waals surface area contributed by atoms with Crippen LogP contribution in [0.25, 0.3) is 0 Å². The van der Waals surface area contributed by atoms with Crippen molar-refractivity contribution >= 4 is 23.4 Å². The number of nitrogens with zero attached hydrogens (tertiary/aromatic N) is 3. The van der Waals surface area contributed by atoms with E-state index < -0.39 is 6.09 Å². The number of rotatable bonds is 4. The Bertz CT molecular complexity index is 679. The van der Waals surface area contributed by atoms with Crippen LogP contribution < -0.4 is 10.2 Å². The highest BCUT2D eigenvalue weighted by Crippen LogP contribution is 2.32. The van der Waals surface area contributed by atoms with Crippen LogP contribution in [0.15, 0.2) is 18.2 Å². The molecule has 3 saturated heterocycles. The molecule has 3 aliphatic rings. The van der Waals surface area contributed by atoms with Crippen molar-refractivity contribution in [2.24, 2.45) is 5.92 Å². The van der Waals surface area contributed by atoms with E-state index in [9.17, 15) is 4.79 Å². The number of halogens is 1. The summed E-state index contributed by atoms with van der Waals surface area (Å²) >= 11 is 6.34. The maximum Gasteiger partial charge on any atom is 0.407 e. The van der Waals surface area contributed by atoms with Gasteiger partial charge in [-0.3, -0.25) is 4.90 Å². The molecule has 2 N–H and O–H groups in total. The second-order valence-corrected chi connectivity index (χ2v) is 8.78. The highest BCUT2D eigenvalue weighted by molar-refractivity contribution is 6.30. The topological polar surface area (TPSA) is 59.1 Å². The molecule has 0 saturated carbocycles. The van der Waals surface area contributed by atoms with Crippen molar-refractivity contribution in [1.82, 2.24) is 15.1 Å². The number of carbonyl (C=O) groups is 1. The Kier molecular flexibility index (Phi) is 6.28. The molecular formula is C21H31ClN4O2. The summed E-state index contributed by atoms with van der Waals surface area (Å²) in [7, 11) is 0. The van der Waals surface area contributed by atoms with Crippen LogP contribution in [0.2, 0.25) is 5.02 Å². The summed E-state index contributed by atoms with van der Waals surface area (Å²) in [6.07, 6.45) is 4.31. The minimum absolute atomic E-state index is 0.581. The molecule has 3 aliphatic heterocycles. The average molecular weight is 407 g/mol. The second kappa shape index (κ2) is 8.89. The number of nitrogens with one attached hydrogen (secondary N) is 1. The number of anilines is 1. The average Bonchev–Trinajstić information content (AvgIpc) is 3.25. The second-order valence-electron chi connectivity index (χ2n) is 8.35. The lowest BCUT2D eigenvalue weighted by atomic mass is 9.88. The highest BCUT2D eigenvalue weighted by atomic mass is 35.5. The highest BCUT2D eigenvalue weighted by Gasteiger charge is 2.29. The van der Waals surface area contributed by atoms with Gasteiger partial charge in [0, 0.05) is 62.6 Å². The summed E-state index contributed by atoms with van der Waals surface area (Å²) < 4.78 is 0. The van der Waals surface area contributed by atoms with Gasteiger partial charge in [0.25, 0.3) is 0 Å². The van der Waals surface area contributed by atoms with Crippen molar-refractivity contribution in [3.63, 3.8) is 0 Å². The van der Waals surface area contributed by atoms with Crippen LogP contribution in [0.5, 0.6) is 0 Å². The molecule has 3 fully saturated rings. The van der Waals surface area contributed by atoms with E-state index in [0.29, 0.717) is 19.1 Å². The molecule has 3 heterocycles. The molecule has 7 heteroatoms. The molecule has 6 nitrogen and oxygen atoms in total. The van der Waals surface area contributed by atoms with Crippen molar-refractivity contribution in [3.05, 3.63) is 28.8 Å². The lowest BCUT2D eigenvalue weighted by Gasteiger charge is -2.38. The molecule has 1 unspecified atom stereocenters. The van der Waals surface area contributed by atoms with Crippen LogP contribution in [0.1, 0.15) is 31.2 Å². The molecule has 0 aliphatic carbocycles. The van der Waals surface area contributed by atoms with Crippen molar-refractivity contribution in [2.75, 3.05) is 50.7 Å². The zero-order chi connectivity index (χ0) is 19.5. The van der Waals surface area contributed by atoms with Gasteiger partial charge in [-0.2, -0.15) is 0 Å². The number of hydrogen-bond acceptors (Lipinski definition) is 4. The molecule has 1 aromatic carbocycles. The molecule has 0 radical (unpaired) electrons. The van der Waals surface area contributed by atoms with Gasteiger partial charge >= 0.3 is 6.09 Å². The Morgan fingerprint density at radius 3 is 2.50 bits per heavy atom. The predicted octanol–water partition coefficient (Wildman–Crippen LogP) is 3.10. The normalized spacial score (nSPS) is 24.7. The molecule has 0 aromatic heterocycles. The minimum atomic E-state index is -0.813. The number of piperidine rings is 1. The van der Waals surface area contributed by atoms with Gasteiger partial charge in [-0.1, -0.05) is 17.7 Å². The van der Waals surface area contributed by atoms with E-state index in [1.165, 1.54) is 48.4 Å². The number of amides is 1. The first kappa shape index (κ1) is 19.8. The quantitative estimate of drug-likeness (QED) is 0.804. The summed E-state index contributed by atoms with van der Waals surface area (Å²) in [5, 5.41) is 13.6. The summed E-state index contributed by atoms with van der Waals surface area (Å²) in [4.78, 5) is 17.5. The zero-order valence-electron chi connectivity index (χ0n) is 16.4. The first-order chi connectivity index (χ1) is 13.6. The van der Waals surface area contributed by atoms with E-state index in [-0.39, 0.29) is 0 Å². The summed E-state index contributed by atoms with van der Waals surface area (Å²) in [5.41, 5.74) is 2.55. The smallest absolute Gasteiger partial charge is 0.407 e. The number of benzene rings is 1. The fraction of sp³-hybridized carbons (Fsp3) is 0.667. The van der Waals surface area contributed by atoms with Crippen molar-refractivity contribution in [1.29, 1.82) is 0 Å². The van der Waals surface area contributed by atoms with Gasteiger partial charge in [-0.25, -0.2) is 4.79 Å². The van der Waals surface area contributed by atoms with Gasteiger partial charge in [0.15, 0.2) is 0 Å². The molecule has 28 heavy (non-hydrogen) atoms. The molecule has 1 aromatic rings. The van der Waals surface area contributed by atoms with E-state index in [1.54, 1.807) is 0 Å². The van der Waals surface area contributed by atoms with Gasteiger partial charge in [0.2, 0.25) is 0 Å². The third kappa shape index (κ3) is 4.56. The van der Waals surface area contributed by atoms with Gasteiger partial charge in [-0.05, 0) is 55.8 Å². The van der Waals surface area contributed by atoms with Gasteiger partial charge in [-0.15, -0.1) is 0 Å². The Morgan fingerprint density at radius 1 is 1.11 bits per heavy atom. The van der Waals surface area contributed by atoms with Crippen LogP contribution in [-0.4, -0.2) is 72.9 Å². The molecule has 1 amide bonds. The van der Waals surface area contributed by atoms with E-state index in [2.05, 4.69) is 27.2 Å². The minimum Gasteiger partial charge on any atom is -0.465 e. The first-order valence-electron chi connectivity index (χ1n) is 10.6. The summed E-state index contributed by atoms with van der Waals surface area (Å²) in [6.45, 7) is 6.93. The Morgan fingerprint density at radius 2 is 1.86 bits per heavy atom.